The lowest BCUT2D eigenvalue weighted by molar-refractivity contribution is 0.000380. The average Bonchev–Trinajstić information content (AvgIpc) is 3.41. The third-order valence-corrected chi connectivity index (χ3v) is 6.93. The Bertz CT molecular complexity index is 815. The number of ether oxygens (including phenoxy) is 1. The van der Waals surface area contributed by atoms with Crippen LogP contribution in [0.25, 0.3) is 5.69 Å². The molecule has 1 spiro atoms. The van der Waals surface area contributed by atoms with Crippen LogP contribution in [-0.4, -0.2) is 51.2 Å². The predicted molar refractivity (Wildman–Crippen MR) is 104 cm³/mol. The Morgan fingerprint density at radius 2 is 2.11 bits per heavy atom. The van der Waals surface area contributed by atoms with Crippen LogP contribution in [0.4, 0.5) is 0 Å². The molecule has 2 bridgehead atoms. The summed E-state index contributed by atoms with van der Waals surface area (Å²) in [5.41, 5.74) is 3.68. The van der Waals surface area contributed by atoms with Gasteiger partial charge < -0.3 is 9.84 Å². The van der Waals surface area contributed by atoms with Gasteiger partial charge in [-0.25, -0.2) is 4.68 Å². The molecular formula is C22H29N3O2. The number of hydrogen-bond donors (Lipinski definition) is 1. The van der Waals surface area contributed by atoms with Gasteiger partial charge in [0.1, 0.15) is 0 Å². The van der Waals surface area contributed by atoms with Gasteiger partial charge in [0.25, 0.3) is 0 Å². The molecule has 1 aromatic heterocycles. The first kappa shape index (κ1) is 17.4. The van der Waals surface area contributed by atoms with Crippen LogP contribution in [0.1, 0.15) is 43.7 Å². The van der Waals surface area contributed by atoms with E-state index in [2.05, 4.69) is 54.3 Å². The van der Waals surface area contributed by atoms with Crippen LogP contribution in [0.15, 0.2) is 36.7 Å². The average molecular weight is 367 g/mol. The van der Waals surface area contributed by atoms with E-state index in [1.165, 1.54) is 11.1 Å². The summed E-state index contributed by atoms with van der Waals surface area (Å²) >= 11 is 0. The topological polar surface area (TPSA) is 50.5 Å². The molecule has 0 aliphatic carbocycles. The van der Waals surface area contributed by atoms with Crippen LogP contribution in [0.2, 0.25) is 0 Å². The molecule has 4 heterocycles. The zero-order chi connectivity index (χ0) is 18.6. The number of aromatic nitrogens is 2. The summed E-state index contributed by atoms with van der Waals surface area (Å²) in [5.74, 6) is 1.35. The van der Waals surface area contributed by atoms with Gasteiger partial charge in [-0.05, 0) is 36.5 Å². The molecule has 3 fully saturated rings. The van der Waals surface area contributed by atoms with Crippen molar-refractivity contribution in [3.63, 3.8) is 0 Å². The number of fused-ring (bicyclic) bond motifs is 1. The van der Waals surface area contributed by atoms with Crippen LogP contribution in [-0.2, 0) is 11.3 Å². The molecule has 2 aromatic rings. The number of likely N-dealkylation sites (tertiary alicyclic amines) is 1. The summed E-state index contributed by atoms with van der Waals surface area (Å²) in [6, 6.07) is 8.66. The van der Waals surface area contributed by atoms with Gasteiger partial charge in [-0.3, -0.25) is 4.90 Å². The Balaban J connectivity index is 1.28. The summed E-state index contributed by atoms with van der Waals surface area (Å²) in [4.78, 5) is 2.48. The van der Waals surface area contributed by atoms with E-state index >= 15 is 0 Å². The third-order valence-electron chi connectivity index (χ3n) is 6.93. The van der Waals surface area contributed by atoms with Crippen molar-refractivity contribution < 1.29 is 9.84 Å². The molecular weight excluding hydrogens is 338 g/mol. The van der Waals surface area contributed by atoms with E-state index in [0.29, 0.717) is 23.9 Å². The van der Waals surface area contributed by atoms with Crippen molar-refractivity contribution in [1.82, 2.24) is 14.7 Å². The minimum atomic E-state index is 0.000729. The van der Waals surface area contributed by atoms with Crippen molar-refractivity contribution >= 4 is 0 Å². The zero-order valence-electron chi connectivity index (χ0n) is 16.2. The molecule has 5 heteroatoms. The molecule has 3 aliphatic rings. The minimum Gasteiger partial charge on any atom is -0.396 e. The van der Waals surface area contributed by atoms with Crippen molar-refractivity contribution in [1.29, 1.82) is 0 Å². The molecule has 0 saturated carbocycles. The summed E-state index contributed by atoms with van der Waals surface area (Å²) in [6.45, 7) is 7.59. The van der Waals surface area contributed by atoms with E-state index in [-0.39, 0.29) is 12.2 Å². The van der Waals surface area contributed by atoms with Gasteiger partial charge in [-0.2, -0.15) is 5.10 Å². The van der Waals surface area contributed by atoms with E-state index in [4.69, 9.17) is 4.74 Å². The molecule has 27 heavy (non-hydrogen) atoms. The molecule has 3 aliphatic heterocycles. The first-order valence-electron chi connectivity index (χ1n) is 10.2. The van der Waals surface area contributed by atoms with E-state index in [1.807, 2.05) is 10.9 Å². The van der Waals surface area contributed by atoms with Crippen LogP contribution in [0.5, 0.6) is 0 Å². The fourth-order valence-electron chi connectivity index (χ4n) is 5.50. The Morgan fingerprint density at radius 1 is 1.30 bits per heavy atom. The molecule has 4 atom stereocenters. The highest BCUT2D eigenvalue weighted by atomic mass is 16.5. The summed E-state index contributed by atoms with van der Waals surface area (Å²) in [5, 5.41) is 14.3. The van der Waals surface area contributed by atoms with Gasteiger partial charge in [0, 0.05) is 49.8 Å². The Hall–Kier alpha value is -1.69. The second-order valence-electron chi connectivity index (χ2n) is 8.92. The van der Waals surface area contributed by atoms with Gasteiger partial charge in [-0.1, -0.05) is 26.0 Å². The van der Waals surface area contributed by atoms with Crippen LogP contribution >= 0.6 is 0 Å². The highest BCUT2D eigenvalue weighted by molar-refractivity contribution is 5.35. The lowest BCUT2D eigenvalue weighted by atomic mass is 9.74. The maximum absolute atomic E-state index is 9.78. The Labute approximate surface area is 160 Å². The normalized spacial score (nSPS) is 32.5. The third kappa shape index (κ3) is 2.84. The Morgan fingerprint density at radius 3 is 2.85 bits per heavy atom. The van der Waals surface area contributed by atoms with Crippen LogP contribution in [0, 0.1) is 11.8 Å². The first-order valence-corrected chi connectivity index (χ1v) is 10.2. The number of aliphatic hydroxyl groups excluding tert-OH is 1. The van der Waals surface area contributed by atoms with Gasteiger partial charge in [0.2, 0.25) is 0 Å². The number of hydrogen-bond acceptors (Lipinski definition) is 4. The highest BCUT2D eigenvalue weighted by Gasteiger charge is 2.62. The second-order valence-corrected chi connectivity index (χ2v) is 8.92. The molecule has 144 valence electrons. The van der Waals surface area contributed by atoms with Gasteiger partial charge in [0.05, 0.1) is 23.6 Å². The second kappa shape index (κ2) is 6.43. The molecule has 1 aromatic carbocycles. The Kier molecular flexibility index (Phi) is 4.15. The standard InChI is InChI=1S/C22H29N3O2/c1-15(2)17-3-5-18(6-4-17)25-11-16(9-23-25)10-24-12-20-19(13-26)21-7-8-22(20,14-24)27-21/h3-6,9,11,15,19-21,26H,7-8,10,12-14H2,1-2H3/t19-,20+,21+,22+/m0/s1. The molecule has 1 N–H and O–H groups in total. The predicted octanol–water partition coefficient (Wildman–Crippen LogP) is 2.97. The van der Waals surface area contributed by atoms with Gasteiger partial charge in [-0.15, -0.1) is 0 Å². The van der Waals surface area contributed by atoms with E-state index in [0.717, 1.165) is 38.2 Å². The van der Waals surface area contributed by atoms with Crippen LogP contribution < -0.4 is 0 Å². The lowest BCUT2D eigenvalue weighted by Gasteiger charge is -2.28. The molecule has 5 rings (SSSR count). The van der Waals surface area contributed by atoms with Crippen molar-refractivity contribution in [2.45, 2.75) is 50.9 Å². The fourth-order valence-corrected chi connectivity index (χ4v) is 5.50. The molecule has 3 saturated heterocycles. The summed E-state index contributed by atoms with van der Waals surface area (Å²) in [6.07, 6.45) is 6.66. The monoisotopic (exact) mass is 367 g/mol. The maximum atomic E-state index is 9.78. The number of benzene rings is 1. The zero-order valence-corrected chi connectivity index (χ0v) is 16.2. The van der Waals surface area contributed by atoms with E-state index < -0.39 is 0 Å². The molecule has 0 radical (unpaired) electrons. The van der Waals surface area contributed by atoms with Crippen molar-refractivity contribution in [3.05, 3.63) is 47.8 Å². The number of rotatable bonds is 5. The molecule has 5 nitrogen and oxygen atoms in total. The minimum absolute atomic E-state index is 0.000729. The largest absolute Gasteiger partial charge is 0.396 e. The summed E-state index contributed by atoms with van der Waals surface area (Å²) in [7, 11) is 0. The highest BCUT2D eigenvalue weighted by Crippen LogP contribution is 2.54. The summed E-state index contributed by atoms with van der Waals surface area (Å²) < 4.78 is 8.30. The van der Waals surface area contributed by atoms with E-state index in [9.17, 15) is 5.11 Å². The fraction of sp³-hybridized carbons (Fsp3) is 0.591. The smallest absolute Gasteiger partial charge is 0.0858 e. The SMILES string of the molecule is CC(C)c1ccc(-n2cc(CN3C[C@@H]4[C@H](CO)[C@H]5CC[C@]4(C3)O5)cn2)cc1. The van der Waals surface area contributed by atoms with Crippen molar-refractivity contribution in [2.24, 2.45) is 11.8 Å². The maximum Gasteiger partial charge on any atom is 0.0858 e. The van der Waals surface area contributed by atoms with E-state index in [1.54, 1.807) is 0 Å². The first-order chi connectivity index (χ1) is 13.1. The molecule has 0 unspecified atom stereocenters. The van der Waals surface area contributed by atoms with Gasteiger partial charge >= 0.3 is 0 Å². The van der Waals surface area contributed by atoms with Gasteiger partial charge in [0.15, 0.2) is 0 Å². The number of nitrogens with zero attached hydrogens (tertiary/aromatic N) is 3. The molecule has 0 amide bonds. The quantitative estimate of drug-likeness (QED) is 0.883. The lowest BCUT2D eigenvalue weighted by Crippen LogP contribution is -2.37. The van der Waals surface area contributed by atoms with Crippen LogP contribution in [0.3, 0.4) is 0 Å². The van der Waals surface area contributed by atoms with Crippen molar-refractivity contribution in [3.8, 4) is 5.69 Å². The number of aliphatic hydroxyl groups is 1. The van der Waals surface area contributed by atoms with Crippen molar-refractivity contribution in [2.75, 3.05) is 19.7 Å².